The number of aryl methyl sites for hydroxylation is 1. The molecule has 0 N–H and O–H groups in total. The lowest BCUT2D eigenvalue weighted by molar-refractivity contribution is -0.140. The molecule has 1 aromatic carbocycles. The van der Waals surface area contributed by atoms with Crippen LogP contribution in [0.1, 0.15) is 38.4 Å². The second-order valence-corrected chi connectivity index (χ2v) is 5.73. The molecule has 1 aliphatic heterocycles. The number of esters is 1. The fraction of sp³-hybridized carbons (Fsp3) is 0.294. The Kier molecular flexibility index (Phi) is 4.17. The Balaban J connectivity index is 2.17. The molecule has 1 aliphatic rings. The van der Waals surface area contributed by atoms with Gasteiger partial charge < -0.3 is 4.74 Å². The van der Waals surface area contributed by atoms with Gasteiger partial charge in [0.1, 0.15) is 0 Å². The molecule has 26 heavy (non-hydrogen) atoms. The summed E-state index contributed by atoms with van der Waals surface area (Å²) in [5, 5.41) is -0.0423. The smallest absolute Gasteiger partial charge is 0.418 e. The maximum Gasteiger partial charge on any atom is 0.418 e. The summed E-state index contributed by atoms with van der Waals surface area (Å²) in [7, 11) is 1.17. The van der Waals surface area contributed by atoms with Gasteiger partial charge in [-0.2, -0.15) is 13.2 Å². The van der Waals surface area contributed by atoms with Crippen molar-refractivity contribution in [2.45, 2.75) is 19.5 Å². The molecule has 0 fully saturated rings. The van der Waals surface area contributed by atoms with E-state index in [4.69, 9.17) is 0 Å². The minimum absolute atomic E-state index is 0.0307. The lowest BCUT2D eigenvalue weighted by Crippen LogP contribution is -2.32. The molecule has 0 saturated heterocycles. The zero-order chi connectivity index (χ0) is 19.2. The van der Waals surface area contributed by atoms with Gasteiger partial charge in [-0.3, -0.25) is 24.3 Å². The molecule has 0 bridgehead atoms. The number of aromatic nitrogens is 1. The zero-order valence-electron chi connectivity index (χ0n) is 13.8. The molecule has 2 amide bonds. The first kappa shape index (κ1) is 17.8. The van der Waals surface area contributed by atoms with Gasteiger partial charge in [-0.05, 0) is 13.0 Å². The summed E-state index contributed by atoms with van der Waals surface area (Å²) in [4.78, 5) is 41.3. The Morgan fingerprint density at radius 3 is 2.46 bits per heavy atom. The first-order valence-electron chi connectivity index (χ1n) is 7.60. The van der Waals surface area contributed by atoms with Gasteiger partial charge in [0, 0.05) is 11.9 Å². The van der Waals surface area contributed by atoms with Crippen LogP contribution in [0.15, 0.2) is 18.2 Å². The number of nitrogens with zero attached hydrogens (tertiary/aromatic N) is 2. The zero-order valence-corrected chi connectivity index (χ0v) is 13.8. The summed E-state index contributed by atoms with van der Waals surface area (Å²) in [6.45, 7) is 1.15. The lowest BCUT2D eigenvalue weighted by Gasteiger charge is -2.12. The highest BCUT2D eigenvalue weighted by Gasteiger charge is 2.41. The number of halogens is 3. The van der Waals surface area contributed by atoms with E-state index >= 15 is 0 Å². The van der Waals surface area contributed by atoms with E-state index in [1.54, 1.807) is 0 Å². The summed E-state index contributed by atoms with van der Waals surface area (Å²) < 4.78 is 44.2. The second-order valence-electron chi connectivity index (χ2n) is 5.73. The first-order chi connectivity index (χ1) is 12.2. The van der Waals surface area contributed by atoms with E-state index in [0.717, 1.165) is 17.0 Å². The van der Waals surface area contributed by atoms with Gasteiger partial charge in [-0.25, -0.2) is 0 Å². The Labute approximate surface area is 145 Å². The van der Waals surface area contributed by atoms with E-state index in [9.17, 15) is 27.6 Å². The fourth-order valence-corrected chi connectivity index (χ4v) is 2.99. The number of hydrogen-bond acceptors (Lipinski definition) is 5. The molecule has 3 rings (SSSR count). The number of pyridine rings is 1. The number of benzene rings is 1. The van der Waals surface area contributed by atoms with Crippen LogP contribution in [0.5, 0.6) is 0 Å². The molecule has 2 aromatic rings. The summed E-state index contributed by atoms with van der Waals surface area (Å²) in [6.07, 6.45) is -4.86. The van der Waals surface area contributed by atoms with Gasteiger partial charge in [0.25, 0.3) is 11.8 Å². The highest BCUT2D eigenvalue weighted by molar-refractivity contribution is 6.26. The standard InChI is InChI=1S/C17H13F3N2O4/c1-8-12-13(16(25)22(15(12)24)7-6-11(23)26-2)9-4-3-5-10(14(9)21-8)17(18,19)20/h3-5H,6-7H2,1-2H3. The van der Waals surface area contributed by atoms with Crippen molar-refractivity contribution in [3.63, 3.8) is 0 Å². The van der Waals surface area contributed by atoms with Gasteiger partial charge in [-0.15, -0.1) is 0 Å². The molecule has 6 nitrogen and oxygen atoms in total. The third kappa shape index (κ3) is 2.69. The Hall–Kier alpha value is -2.97. The topological polar surface area (TPSA) is 76.6 Å². The van der Waals surface area contributed by atoms with Crippen molar-refractivity contribution in [3.05, 3.63) is 40.6 Å². The second kappa shape index (κ2) is 6.08. The third-order valence-corrected chi connectivity index (χ3v) is 4.19. The molecule has 1 aromatic heterocycles. The van der Waals surface area contributed by atoms with E-state index in [1.165, 1.54) is 20.1 Å². The highest BCUT2D eigenvalue weighted by Crippen LogP contribution is 2.38. The van der Waals surface area contributed by atoms with E-state index < -0.39 is 29.5 Å². The lowest BCUT2D eigenvalue weighted by atomic mass is 10.00. The number of imide groups is 1. The normalized spacial score (nSPS) is 14.1. The van der Waals surface area contributed by atoms with Crippen LogP contribution in [0.3, 0.4) is 0 Å². The third-order valence-electron chi connectivity index (χ3n) is 4.19. The maximum atomic E-state index is 13.2. The van der Waals surface area contributed by atoms with Crippen molar-refractivity contribution in [1.82, 2.24) is 9.88 Å². The highest BCUT2D eigenvalue weighted by atomic mass is 19.4. The number of alkyl halides is 3. The summed E-state index contributed by atoms with van der Waals surface area (Å²) >= 11 is 0. The first-order valence-corrected chi connectivity index (χ1v) is 7.60. The molecule has 0 spiro atoms. The van der Waals surface area contributed by atoms with E-state index in [0.29, 0.717) is 0 Å². The quantitative estimate of drug-likeness (QED) is 0.617. The van der Waals surface area contributed by atoms with Crippen LogP contribution in [0, 0.1) is 6.92 Å². The number of carbonyl (C=O) groups is 3. The molecule has 136 valence electrons. The Morgan fingerprint density at radius 2 is 1.85 bits per heavy atom. The molecule has 2 heterocycles. The van der Waals surface area contributed by atoms with Crippen LogP contribution in [-0.4, -0.2) is 41.3 Å². The number of carbonyl (C=O) groups excluding carboxylic acids is 3. The van der Waals surface area contributed by atoms with Crippen LogP contribution in [-0.2, 0) is 15.7 Å². The van der Waals surface area contributed by atoms with Crippen LogP contribution in [0.2, 0.25) is 0 Å². The SMILES string of the molecule is COC(=O)CCN1C(=O)c2c(C)nc3c(C(F)(F)F)cccc3c2C1=O. The maximum absolute atomic E-state index is 13.2. The summed E-state index contributed by atoms with van der Waals surface area (Å²) in [6, 6.07) is 3.36. The number of para-hydroxylation sites is 1. The minimum atomic E-state index is -4.65. The summed E-state index contributed by atoms with van der Waals surface area (Å²) in [5.41, 5.74) is -1.48. The average molecular weight is 366 g/mol. The molecule has 0 aliphatic carbocycles. The number of methoxy groups -OCH3 is 1. The molecule has 0 atom stereocenters. The van der Waals surface area contributed by atoms with Crippen molar-refractivity contribution >= 4 is 28.7 Å². The van der Waals surface area contributed by atoms with Crippen molar-refractivity contribution in [1.29, 1.82) is 0 Å². The van der Waals surface area contributed by atoms with Gasteiger partial charge >= 0.3 is 12.1 Å². The van der Waals surface area contributed by atoms with Crippen LogP contribution in [0.25, 0.3) is 10.9 Å². The van der Waals surface area contributed by atoms with Crippen molar-refractivity contribution in [2.24, 2.45) is 0 Å². The van der Waals surface area contributed by atoms with E-state index in [1.807, 2.05) is 0 Å². The van der Waals surface area contributed by atoms with Crippen LogP contribution < -0.4 is 0 Å². The van der Waals surface area contributed by atoms with Crippen LogP contribution >= 0.6 is 0 Å². The largest absolute Gasteiger partial charge is 0.469 e. The molecule has 0 unspecified atom stereocenters. The summed E-state index contributed by atoms with van der Waals surface area (Å²) in [5.74, 6) is -2.04. The van der Waals surface area contributed by atoms with E-state index in [2.05, 4.69) is 9.72 Å². The minimum Gasteiger partial charge on any atom is -0.469 e. The average Bonchev–Trinajstić information content (AvgIpc) is 2.83. The number of rotatable bonds is 3. The Bertz CT molecular complexity index is 953. The molecule has 0 saturated carbocycles. The predicted molar refractivity (Wildman–Crippen MR) is 83.5 cm³/mol. The predicted octanol–water partition coefficient (Wildman–Crippen LogP) is 2.72. The Morgan fingerprint density at radius 1 is 1.19 bits per heavy atom. The molecule has 9 heteroatoms. The fourth-order valence-electron chi connectivity index (χ4n) is 2.99. The van der Waals surface area contributed by atoms with Gasteiger partial charge in [0.2, 0.25) is 0 Å². The monoisotopic (exact) mass is 366 g/mol. The number of hydrogen-bond donors (Lipinski definition) is 0. The molecule has 0 radical (unpaired) electrons. The van der Waals surface area contributed by atoms with Gasteiger partial charge in [0.05, 0.1) is 41.4 Å². The number of fused-ring (bicyclic) bond motifs is 3. The van der Waals surface area contributed by atoms with Crippen LogP contribution in [0.4, 0.5) is 13.2 Å². The van der Waals surface area contributed by atoms with Gasteiger partial charge in [-0.1, -0.05) is 12.1 Å². The van der Waals surface area contributed by atoms with E-state index in [-0.39, 0.29) is 40.7 Å². The molecular weight excluding hydrogens is 353 g/mol. The van der Waals surface area contributed by atoms with Crippen molar-refractivity contribution in [2.75, 3.05) is 13.7 Å². The van der Waals surface area contributed by atoms with Gasteiger partial charge in [0.15, 0.2) is 0 Å². The number of ether oxygens (including phenoxy) is 1. The van der Waals surface area contributed by atoms with Crippen molar-refractivity contribution in [3.8, 4) is 0 Å². The number of amides is 2. The van der Waals surface area contributed by atoms with Crippen molar-refractivity contribution < 1.29 is 32.3 Å². The molecular formula is C17H13F3N2O4.